The number of aromatic nitrogens is 1. The van der Waals surface area contributed by atoms with Crippen LogP contribution < -0.4 is 5.32 Å². The SMILES string of the molecule is CCCS(=O)(=O)N1CCCC1C(=O)NC1CCN(Cc2cccnc2)CC1. The maximum absolute atomic E-state index is 12.7. The maximum atomic E-state index is 12.7. The molecule has 2 fully saturated rings. The number of carbonyl (C=O) groups excluding carboxylic acids is 1. The fourth-order valence-electron chi connectivity index (χ4n) is 3.99. The Morgan fingerprint density at radius 3 is 2.70 bits per heavy atom. The Balaban J connectivity index is 1.49. The van der Waals surface area contributed by atoms with Gasteiger partial charge < -0.3 is 5.32 Å². The Hall–Kier alpha value is -1.51. The average molecular weight is 395 g/mol. The van der Waals surface area contributed by atoms with Gasteiger partial charge in [-0.1, -0.05) is 13.0 Å². The Bertz CT molecular complexity index is 718. The van der Waals surface area contributed by atoms with Gasteiger partial charge in [0.25, 0.3) is 0 Å². The summed E-state index contributed by atoms with van der Waals surface area (Å²) < 4.78 is 26.2. The van der Waals surface area contributed by atoms with Gasteiger partial charge >= 0.3 is 0 Å². The highest BCUT2D eigenvalue weighted by Crippen LogP contribution is 2.23. The van der Waals surface area contributed by atoms with Crippen molar-refractivity contribution in [3.05, 3.63) is 30.1 Å². The van der Waals surface area contributed by atoms with Crippen LogP contribution >= 0.6 is 0 Å². The van der Waals surface area contributed by atoms with E-state index in [9.17, 15) is 13.2 Å². The molecule has 3 heterocycles. The number of carbonyl (C=O) groups is 1. The predicted molar refractivity (Wildman–Crippen MR) is 104 cm³/mol. The van der Waals surface area contributed by atoms with Gasteiger partial charge in [-0.05, 0) is 43.7 Å². The fourth-order valence-corrected chi connectivity index (χ4v) is 5.74. The van der Waals surface area contributed by atoms with Crippen molar-refractivity contribution >= 4 is 15.9 Å². The first-order chi connectivity index (χ1) is 13.0. The molecule has 150 valence electrons. The lowest BCUT2D eigenvalue weighted by molar-refractivity contribution is -0.125. The van der Waals surface area contributed by atoms with Crippen LogP contribution in [0.25, 0.3) is 0 Å². The molecule has 0 radical (unpaired) electrons. The van der Waals surface area contributed by atoms with Gasteiger partial charge in [-0.3, -0.25) is 14.7 Å². The second kappa shape index (κ2) is 9.12. The third-order valence-electron chi connectivity index (χ3n) is 5.39. The molecule has 1 unspecified atom stereocenters. The third kappa shape index (κ3) is 5.27. The van der Waals surface area contributed by atoms with Crippen LogP contribution in [-0.2, 0) is 21.4 Å². The fraction of sp³-hybridized carbons (Fsp3) is 0.684. The number of hydrogen-bond donors (Lipinski definition) is 1. The first kappa shape index (κ1) is 20.2. The van der Waals surface area contributed by atoms with E-state index in [1.165, 1.54) is 9.87 Å². The van der Waals surface area contributed by atoms with Crippen molar-refractivity contribution < 1.29 is 13.2 Å². The van der Waals surface area contributed by atoms with Crippen LogP contribution in [0.3, 0.4) is 0 Å². The summed E-state index contributed by atoms with van der Waals surface area (Å²) in [7, 11) is -3.33. The highest BCUT2D eigenvalue weighted by atomic mass is 32.2. The molecule has 1 N–H and O–H groups in total. The lowest BCUT2D eigenvalue weighted by Crippen LogP contribution is -2.51. The first-order valence-corrected chi connectivity index (χ1v) is 11.5. The lowest BCUT2D eigenvalue weighted by atomic mass is 10.0. The Morgan fingerprint density at radius 2 is 2.04 bits per heavy atom. The molecule has 8 heteroatoms. The molecular formula is C19H30N4O3S. The van der Waals surface area contributed by atoms with Crippen LogP contribution in [0, 0.1) is 0 Å². The molecule has 1 amide bonds. The molecular weight excluding hydrogens is 364 g/mol. The highest BCUT2D eigenvalue weighted by molar-refractivity contribution is 7.89. The predicted octanol–water partition coefficient (Wildman–Crippen LogP) is 1.37. The van der Waals surface area contributed by atoms with Crippen molar-refractivity contribution in [2.45, 2.75) is 57.7 Å². The van der Waals surface area contributed by atoms with E-state index in [2.05, 4.69) is 21.3 Å². The minimum atomic E-state index is -3.33. The van der Waals surface area contributed by atoms with Crippen molar-refractivity contribution in [3.63, 3.8) is 0 Å². The number of hydrogen-bond acceptors (Lipinski definition) is 5. The molecule has 0 bridgehead atoms. The number of nitrogens with one attached hydrogen (secondary N) is 1. The average Bonchev–Trinajstić information content (AvgIpc) is 3.15. The summed E-state index contributed by atoms with van der Waals surface area (Å²) in [4.78, 5) is 19.2. The Morgan fingerprint density at radius 1 is 1.26 bits per heavy atom. The van der Waals surface area contributed by atoms with Crippen LogP contribution in [0.4, 0.5) is 0 Å². The molecule has 0 aromatic carbocycles. The number of piperidine rings is 1. The summed E-state index contributed by atoms with van der Waals surface area (Å²) in [6.07, 6.45) is 7.39. The van der Waals surface area contributed by atoms with E-state index in [-0.39, 0.29) is 17.7 Å². The van der Waals surface area contributed by atoms with E-state index in [0.29, 0.717) is 19.4 Å². The van der Waals surface area contributed by atoms with Gasteiger partial charge in [-0.2, -0.15) is 4.31 Å². The van der Waals surface area contributed by atoms with Gasteiger partial charge in [-0.15, -0.1) is 0 Å². The van der Waals surface area contributed by atoms with Gasteiger partial charge in [0.05, 0.1) is 5.75 Å². The minimum Gasteiger partial charge on any atom is -0.352 e. The molecule has 1 aromatic heterocycles. The molecule has 2 saturated heterocycles. The summed E-state index contributed by atoms with van der Waals surface area (Å²) in [6.45, 7) is 5.02. The summed E-state index contributed by atoms with van der Waals surface area (Å²) >= 11 is 0. The number of amides is 1. The molecule has 2 aliphatic rings. The van der Waals surface area contributed by atoms with Gasteiger partial charge in [0, 0.05) is 44.6 Å². The van der Waals surface area contributed by atoms with Crippen LogP contribution in [0.15, 0.2) is 24.5 Å². The molecule has 0 aliphatic carbocycles. The lowest BCUT2D eigenvalue weighted by Gasteiger charge is -2.33. The zero-order valence-corrected chi connectivity index (χ0v) is 16.8. The van der Waals surface area contributed by atoms with Crippen LogP contribution in [-0.4, -0.2) is 66.0 Å². The zero-order valence-electron chi connectivity index (χ0n) is 16.0. The van der Waals surface area contributed by atoms with Crippen LogP contribution in [0.2, 0.25) is 0 Å². The van der Waals surface area contributed by atoms with Crippen molar-refractivity contribution in [3.8, 4) is 0 Å². The quantitative estimate of drug-likeness (QED) is 0.755. The van der Waals surface area contributed by atoms with E-state index in [4.69, 9.17) is 0 Å². The molecule has 2 aliphatic heterocycles. The summed E-state index contributed by atoms with van der Waals surface area (Å²) in [5, 5.41) is 3.11. The molecule has 27 heavy (non-hydrogen) atoms. The van der Waals surface area contributed by atoms with Crippen LogP contribution in [0.5, 0.6) is 0 Å². The number of rotatable bonds is 7. The van der Waals surface area contributed by atoms with E-state index in [1.807, 2.05) is 19.2 Å². The molecule has 0 spiro atoms. The molecule has 7 nitrogen and oxygen atoms in total. The largest absolute Gasteiger partial charge is 0.352 e. The van der Waals surface area contributed by atoms with Gasteiger partial charge in [-0.25, -0.2) is 8.42 Å². The zero-order chi connectivity index (χ0) is 19.3. The van der Waals surface area contributed by atoms with Crippen molar-refractivity contribution in [1.29, 1.82) is 0 Å². The number of pyridine rings is 1. The summed E-state index contributed by atoms with van der Waals surface area (Å²) in [5.74, 6) is -0.0124. The van der Waals surface area contributed by atoms with Crippen LogP contribution in [0.1, 0.15) is 44.6 Å². The molecule has 3 rings (SSSR count). The number of sulfonamides is 1. The van der Waals surface area contributed by atoms with Crippen molar-refractivity contribution in [1.82, 2.24) is 19.5 Å². The smallest absolute Gasteiger partial charge is 0.238 e. The topological polar surface area (TPSA) is 82.6 Å². The second-order valence-corrected chi connectivity index (χ2v) is 9.55. The van der Waals surface area contributed by atoms with E-state index >= 15 is 0 Å². The normalized spacial score (nSPS) is 22.8. The van der Waals surface area contributed by atoms with E-state index in [1.54, 1.807) is 6.20 Å². The van der Waals surface area contributed by atoms with Crippen molar-refractivity contribution in [2.75, 3.05) is 25.4 Å². The standard InChI is InChI=1S/C19H30N4O3S/c1-2-13-27(25,26)23-10-4-6-18(23)19(24)21-17-7-11-22(12-8-17)15-16-5-3-9-20-14-16/h3,5,9,14,17-18H,2,4,6-8,10-13,15H2,1H3,(H,21,24). The molecule has 0 saturated carbocycles. The monoisotopic (exact) mass is 394 g/mol. The van der Waals surface area contributed by atoms with Crippen molar-refractivity contribution in [2.24, 2.45) is 0 Å². The number of nitrogens with zero attached hydrogens (tertiary/aromatic N) is 3. The van der Waals surface area contributed by atoms with E-state index in [0.717, 1.165) is 38.9 Å². The third-order valence-corrected chi connectivity index (χ3v) is 7.46. The minimum absolute atomic E-state index is 0.115. The van der Waals surface area contributed by atoms with E-state index < -0.39 is 16.1 Å². The summed E-state index contributed by atoms with van der Waals surface area (Å²) in [6, 6.07) is 3.61. The first-order valence-electron chi connectivity index (χ1n) is 9.90. The van der Waals surface area contributed by atoms with Gasteiger partial charge in [0.2, 0.25) is 15.9 Å². The van der Waals surface area contributed by atoms with Gasteiger partial charge in [0.1, 0.15) is 6.04 Å². The Labute approximate surface area is 162 Å². The molecule has 1 aromatic rings. The second-order valence-electron chi connectivity index (χ2n) is 7.51. The highest BCUT2D eigenvalue weighted by Gasteiger charge is 2.38. The Kier molecular flexibility index (Phi) is 6.83. The van der Waals surface area contributed by atoms with Gasteiger partial charge in [0.15, 0.2) is 0 Å². The number of likely N-dealkylation sites (tertiary alicyclic amines) is 1. The summed E-state index contributed by atoms with van der Waals surface area (Å²) in [5.41, 5.74) is 1.20. The molecule has 1 atom stereocenters. The maximum Gasteiger partial charge on any atom is 0.238 e.